The van der Waals surface area contributed by atoms with E-state index in [9.17, 15) is 23.5 Å². The predicted molar refractivity (Wildman–Crippen MR) is 99.2 cm³/mol. The minimum Gasteiger partial charge on any atom is -0.477 e. The molecule has 4 nitrogen and oxygen atoms in total. The first-order valence-electron chi connectivity index (χ1n) is 7.81. The Balaban J connectivity index is 1.87. The van der Waals surface area contributed by atoms with Gasteiger partial charge in [-0.2, -0.15) is 0 Å². The van der Waals surface area contributed by atoms with E-state index in [1.165, 1.54) is 18.2 Å². The Kier molecular flexibility index (Phi) is 5.42. The standard InChI is InChI=1S/C20H13F2NO3S/c21-15-8-4-7-14(18(15)22)17-10-9-13(27-17)11-16(20(25)26)23-19(24)12-5-2-1-3-6-12/h1-11H,(H,23,24)(H,25,26)/b16-11+. The molecule has 2 aromatic carbocycles. The summed E-state index contributed by atoms with van der Waals surface area (Å²) in [5.74, 6) is -3.80. The van der Waals surface area contributed by atoms with Crippen molar-refractivity contribution in [2.75, 3.05) is 0 Å². The maximum Gasteiger partial charge on any atom is 0.352 e. The molecule has 0 atom stereocenters. The van der Waals surface area contributed by atoms with Gasteiger partial charge in [0.2, 0.25) is 0 Å². The summed E-state index contributed by atoms with van der Waals surface area (Å²) in [4.78, 5) is 24.5. The lowest BCUT2D eigenvalue weighted by Crippen LogP contribution is -2.27. The van der Waals surface area contributed by atoms with Gasteiger partial charge in [0.15, 0.2) is 11.6 Å². The van der Waals surface area contributed by atoms with E-state index in [1.54, 1.807) is 42.5 Å². The molecule has 1 heterocycles. The van der Waals surface area contributed by atoms with Gasteiger partial charge in [-0.25, -0.2) is 13.6 Å². The van der Waals surface area contributed by atoms with Crippen molar-refractivity contribution in [1.29, 1.82) is 0 Å². The molecule has 7 heteroatoms. The van der Waals surface area contributed by atoms with E-state index in [2.05, 4.69) is 5.32 Å². The molecule has 0 spiro atoms. The molecule has 0 saturated carbocycles. The molecule has 3 aromatic rings. The number of amides is 1. The summed E-state index contributed by atoms with van der Waals surface area (Å²) in [5.41, 5.74) is 0.0835. The highest BCUT2D eigenvalue weighted by atomic mass is 32.1. The highest BCUT2D eigenvalue weighted by Crippen LogP contribution is 2.31. The molecule has 136 valence electrons. The van der Waals surface area contributed by atoms with E-state index in [0.717, 1.165) is 17.4 Å². The second-order valence-electron chi connectivity index (χ2n) is 5.49. The van der Waals surface area contributed by atoms with Crippen LogP contribution in [0.15, 0.2) is 66.4 Å². The third kappa shape index (κ3) is 4.27. The first-order chi connectivity index (χ1) is 13.0. The van der Waals surface area contributed by atoms with Crippen molar-refractivity contribution >= 4 is 29.3 Å². The summed E-state index contributed by atoms with van der Waals surface area (Å²) in [7, 11) is 0. The Morgan fingerprint density at radius 3 is 2.41 bits per heavy atom. The first-order valence-corrected chi connectivity index (χ1v) is 8.63. The summed E-state index contributed by atoms with van der Waals surface area (Å²) in [6.45, 7) is 0. The van der Waals surface area contributed by atoms with Crippen LogP contribution in [0.2, 0.25) is 0 Å². The van der Waals surface area contributed by atoms with Crippen LogP contribution in [0.5, 0.6) is 0 Å². The van der Waals surface area contributed by atoms with Crippen molar-refractivity contribution in [3.8, 4) is 10.4 Å². The zero-order chi connectivity index (χ0) is 19.4. The van der Waals surface area contributed by atoms with Gasteiger partial charge in [-0.3, -0.25) is 4.79 Å². The van der Waals surface area contributed by atoms with E-state index in [-0.39, 0.29) is 11.3 Å². The largest absolute Gasteiger partial charge is 0.477 e. The van der Waals surface area contributed by atoms with Gasteiger partial charge < -0.3 is 10.4 Å². The van der Waals surface area contributed by atoms with Crippen molar-refractivity contribution in [3.63, 3.8) is 0 Å². The topological polar surface area (TPSA) is 66.4 Å². The van der Waals surface area contributed by atoms with Gasteiger partial charge in [0.25, 0.3) is 5.91 Å². The summed E-state index contributed by atoms with van der Waals surface area (Å²) in [6, 6.07) is 15.2. The number of halogens is 2. The summed E-state index contributed by atoms with van der Waals surface area (Å²) < 4.78 is 27.3. The van der Waals surface area contributed by atoms with Gasteiger partial charge in [0, 0.05) is 20.9 Å². The van der Waals surface area contributed by atoms with Crippen LogP contribution in [-0.2, 0) is 4.79 Å². The Labute approximate surface area is 157 Å². The molecule has 0 aliphatic rings. The van der Waals surface area contributed by atoms with Gasteiger partial charge in [-0.1, -0.05) is 30.3 Å². The molecule has 2 N–H and O–H groups in total. The maximum atomic E-state index is 13.9. The number of carbonyl (C=O) groups excluding carboxylic acids is 1. The number of nitrogens with one attached hydrogen (secondary N) is 1. The molecule has 0 aliphatic carbocycles. The third-order valence-corrected chi connectivity index (χ3v) is 4.71. The monoisotopic (exact) mass is 385 g/mol. The second kappa shape index (κ2) is 7.92. The molecule has 1 aromatic heterocycles. The van der Waals surface area contributed by atoms with Crippen LogP contribution in [0.4, 0.5) is 8.78 Å². The van der Waals surface area contributed by atoms with Crippen molar-refractivity contribution in [2.45, 2.75) is 0 Å². The van der Waals surface area contributed by atoms with E-state index >= 15 is 0 Å². The van der Waals surface area contributed by atoms with Gasteiger partial charge in [0.1, 0.15) is 5.70 Å². The van der Waals surface area contributed by atoms with Crippen LogP contribution in [0.1, 0.15) is 15.2 Å². The molecule has 3 rings (SSSR count). The highest BCUT2D eigenvalue weighted by Gasteiger charge is 2.15. The summed E-state index contributed by atoms with van der Waals surface area (Å²) >= 11 is 1.08. The predicted octanol–water partition coefficient (Wildman–Crippen LogP) is 4.55. The minimum absolute atomic E-state index is 0.0878. The molecule has 0 radical (unpaired) electrons. The Morgan fingerprint density at radius 2 is 1.70 bits per heavy atom. The van der Waals surface area contributed by atoms with Crippen molar-refractivity contribution in [2.24, 2.45) is 0 Å². The molecule has 27 heavy (non-hydrogen) atoms. The summed E-state index contributed by atoms with van der Waals surface area (Å²) in [5, 5.41) is 11.7. The van der Waals surface area contributed by atoms with E-state index in [1.807, 2.05) is 0 Å². The normalized spacial score (nSPS) is 11.3. The zero-order valence-corrected chi connectivity index (χ0v) is 14.6. The average molecular weight is 385 g/mol. The average Bonchev–Trinajstić information content (AvgIpc) is 3.12. The van der Waals surface area contributed by atoms with Crippen molar-refractivity contribution in [1.82, 2.24) is 5.32 Å². The van der Waals surface area contributed by atoms with E-state index in [4.69, 9.17) is 0 Å². The van der Waals surface area contributed by atoms with Gasteiger partial charge in [-0.15, -0.1) is 11.3 Å². The number of carbonyl (C=O) groups is 2. The van der Waals surface area contributed by atoms with Gasteiger partial charge in [-0.05, 0) is 36.4 Å². The fraction of sp³-hybridized carbons (Fsp3) is 0. The van der Waals surface area contributed by atoms with E-state index < -0.39 is 23.5 Å². The molecular weight excluding hydrogens is 372 g/mol. The first kappa shape index (κ1) is 18.5. The molecular formula is C20H13F2NO3S. The fourth-order valence-corrected chi connectivity index (χ4v) is 3.32. The molecule has 0 unspecified atom stereocenters. The smallest absolute Gasteiger partial charge is 0.352 e. The highest BCUT2D eigenvalue weighted by molar-refractivity contribution is 7.16. The lowest BCUT2D eigenvalue weighted by molar-refractivity contribution is -0.132. The zero-order valence-electron chi connectivity index (χ0n) is 13.8. The SMILES string of the molecule is O=C(O)/C(=C\c1ccc(-c2cccc(F)c2F)s1)NC(=O)c1ccccc1. The van der Waals surface area contributed by atoms with Crippen LogP contribution < -0.4 is 5.32 Å². The summed E-state index contributed by atoms with van der Waals surface area (Å²) in [6.07, 6.45) is 1.27. The Hall–Kier alpha value is -3.32. The van der Waals surface area contributed by atoms with Gasteiger partial charge in [0.05, 0.1) is 0 Å². The Morgan fingerprint density at radius 1 is 0.963 bits per heavy atom. The number of benzene rings is 2. The molecule has 0 fully saturated rings. The lowest BCUT2D eigenvalue weighted by atomic mass is 10.1. The number of rotatable bonds is 5. The molecule has 1 amide bonds. The van der Waals surface area contributed by atoms with Crippen molar-refractivity contribution in [3.05, 3.63) is 88.4 Å². The van der Waals surface area contributed by atoms with E-state index in [0.29, 0.717) is 15.3 Å². The Bertz CT molecular complexity index is 1030. The number of hydrogen-bond acceptors (Lipinski definition) is 3. The van der Waals surface area contributed by atoms with Crippen molar-refractivity contribution < 1.29 is 23.5 Å². The number of carboxylic acid groups (broad SMARTS) is 1. The second-order valence-corrected chi connectivity index (χ2v) is 6.60. The van der Waals surface area contributed by atoms with Crippen LogP contribution in [0.3, 0.4) is 0 Å². The number of hydrogen-bond donors (Lipinski definition) is 2. The number of thiophene rings is 1. The molecule has 0 bridgehead atoms. The number of aliphatic carboxylic acids is 1. The molecule has 0 saturated heterocycles. The maximum absolute atomic E-state index is 13.9. The van der Waals surface area contributed by atoms with Crippen LogP contribution >= 0.6 is 11.3 Å². The number of carboxylic acids is 1. The fourth-order valence-electron chi connectivity index (χ4n) is 2.35. The minimum atomic E-state index is -1.31. The van der Waals surface area contributed by atoms with Crippen LogP contribution in [0.25, 0.3) is 16.5 Å². The van der Waals surface area contributed by atoms with Gasteiger partial charge >= 0.3 is 5.97 Å². The molecule has 0 aliphatic heterocycles. The van der Waals surface area contributed by atoms with Crippen LogP contribution in [0, 0.1) is 11.6 Å². The lowest BCUT2D eigenvalue weighted by Gasteiger charge is -2.05. The van der Waals surface area contributed by atoms with Crippen LogP contribution in [-0.4, -0.2) is 17.0 Å². The quantitative estimate of drug-likeness (QED) is 0.634. The third-order valence-electron chi connectivity index (χ3n) is 3.65.